The molecule has 1 saturated heterocycles. The van der Waals surface area contributed by atoms with Crippen molar-refractivity contribution in [3.8, 4) is 22.6 Å². The van der Waals surface area contributed by atoms with Gasteiger partial charge in [0.05, 0.1) is 17.4 Å². The molecule has 7 nitrogen and oxygen atoms in total. The number of alkyl halides is 3. The molecule has 1 N–H and O–H groups in total. The van der Waals surface area contributed by atoms with Crippen LogP contribution in [0.15, 0.2) is 73.3 Å². The van der Waals surface area contributed by atoms with Crippen LogP contribution in [0.4, 0.5) is 18.9 Å². The minimum absolute atomic E-state index is 0.0838. The third-order valence-electron chi connectivity index (χ3n) is 6.21. The van der Waals surface area contributed by atoms with Gasteiger partial charge in [-0.3, -0.25) is 9.78 Å². The molecular formula is C27H24F3N5O2S. The van der Waals surface area contributed by atoms with Crippen molar-refractivity contribution in [2.45, 2.75) is 19.2 Å². The van der Waals surface area contributed by atoms with Crippen molar-refractivity contribution < 1.29 is 22.7 Å². The van der Waals surface area contributed by atoms with Gasteiger partial charge in [0, 0.05) is 54.1 Å². The van der Waals surface area contributed by atoms with E-state index in [1.807, 2.05) is 31.5 Å². The SMILES string of the molecule is CSN1CC(Oc2ccncc2-c2cnn(-c3cc(NC(=O)c4cccc(C(F)(F)F)c4)ccc3C)c2)C1. The van der Waals surface area contributed by atoms with E-state index in [-0.39, 0.29) is 11.7 Å². The number of aromatic nitrogens is 3. The van der Waals surface area contributed by atoms with E-state index in [1.165, 1.54) is 12.1 Å². The maximum absolute atomic E-state index is 13.1. The molecular weight excluding hydrogens is 515 g/mol. The minimum Gasteiger partial charge on any atom is -0.487 e. The van der Waals surface area contributed by atoms with Crippen LogP contribution < -0.4 is 10.1 Å². The smallest absolute Gasteiger partial charge is 0.416 e. The predicted octanol–water partition coefficient (Wildman–Crippen LogP) is 5.85. The van der Waals surface area contributed by atoms with Crippen molar-refractivity contribution in [3.05, 3.63) is 90.0 Å². The number of rotatable bonds is 7. The fraction of sp³-hybridized carbons (Fsp3) is 0.222. The lowest BCUT2D eigenvalue weighted by Crippen LogP contribution is -2.49. The van der Waals surface area contributed by atoms with Gasteiger partial charge in [-0.2, -0.15) is 18.3 Å². The first-order valence-corrected chi connectivity index (χ1v) is 12.9. The Morgan fingerprint density at radius 3 is 2.71 bits per heavy atom. The zero-order valence-corrected chi connectivity index (χ0v) is 21.4. The number of aryl methyl sites for hydroxylation is 1. The molecule has 11 heteroatoms. The molecule has 0 spiro atoms. The number of pyridine rings is 1. The van der Waals surface area contributed by atoms with Gasteiger partial charge < -0.3 is 10.1 Å². The summed E-state index contributed by atoms with van der Waals surface area (Å²) in [6, 6.07) is 11.4. The molecule has 1 aliphatic heterocycles. The fourth-order valence-corrected chi connectivity index (χ4v) is 4.70. The van der Waals surface area contributed by atoms with Crippen molar-refractivity contribution in [1.29, 1.82) is 0 Å². The zero-order valence-electron chi connectivity index (χ0n) is 20.6. The summed E-state index contributed by atoms with van der Waals surface area (Å²) >= 11 is 1.69. The minimum atomic E-state index is -4.53. The maximum atomic E-state index is 13.1. The number of halogens is 3. The lowest BCUT2D eigenvalue weighted by atomic mass is 10.1. The first-order valence-electron chi connectivity index (χ1n) is 11.8. The molecule has 5 rings (SSSR count). The highest BCUT2D eigenvalue weighted by atomic mass is 32.2. The van der Waals surface area contributed by atoms with Crippen LogP contribution in [-0.4, -0.2) is 50.4 Å². The number of benzene rings is 2. The average molecular weight is 540 g/mol. The molecule has 38 heavy (non-hydrogen) atoms. The lowest BCUT2D eigenvalue weighted by molar-refractivity contribution is -0.137. The topological polar surface area (TPSA) is 72.3 Å². The number of amides is 1. The molecule has 0 saturated carbocycles. The number of hydrogen-bond acceptors (Lipinski definition) is 6. The number of carbonyl (C=O) groups excluding carboxylic acids is 1. The summed E-state index contributed by atoms with van der Waals surface area (Å²) in [5, 5.41) is 7.19. The summed E-state index contributed by atoms with van der Waals surface area (Å²) < 4.78 is 49.2. The first-order chi connectivity index (χ1) is 18.2. The van der Waals surface area contributed by atoms with Crippen LogP contribution in [0.2, 0.25) is 0 Å². The number of anilines is 1. The van der Waals surface area contributed by atoms with Crippen molar-refractivity contribution in [3.63, 3.8) is 0 Å². The highest BCUT2D eigenvalue weighted by molar-refractivity contribution is 7.96. The van der Waals surface area contributed by atoms with Crippen molar-refractivity contribution in [2.24, 2.45) is 0 Å². The van der Waals surface area contributed by atoms with E-state index in [4.69, 9.17) is 4.74 Å². The third kappa shape index (κ3) is 5.53. The van der Waals surface area contributed by atoms with Crippen molar-refractivity contribution >= 4 is 23.5 Å². The van der Waals surface area contributed by atoms with E-state index in [0.29, 0.717) is 11.4 Å². The Hall–Kier alpha value is -3.83. The van der Waals surface area contributed by atoms with Gasteiger partial charge in [0.15, 0.2) is 0 Å². The van der Waals surface area contributed by atoms with Gasteiger partial charge in [0.1, 0.15) is 11.9 Å². The van der Waals surface area contributed by atoms with Gasteiger partial charge in [-0.15, -0.1) is 0 Å². The van der Waals surface area contributed by atoms with E-state index >= 15 is 0 Å². The highest BCUT2D eigenvalue weighted by Gasteiger charge is 2.31. The zero-order chi connectivity index (χ0) is 26.9. The number of hydrogen-bond donors (Lipinski definition) is 1. The van der Waals surface area contributed by atoms with Gasteiger partial charge >= 0.3 is 6.18 Å². The van der Waals surface area contributed by atoms with Crippen molar-refractivity contribution in [1.82, 2.24) is 19.1 Å². The third-order valence-corrected chi connectivity index (χ3v) is 7.02. The molecule has 1 fully saturated rings. The standard InChI is InChI=1S/C27H24F3N5O2S/c1-17-6-7-21(33-26(36)18-4-3-5-20(10-18)27(28,29)30)11-24(17)35-14-19(12-32-35)23-13-31-9-8-25(23)37-22-15-34(16-22)38-2/h3-14,22H,15-16H2,1-2H3,(H,33,36). The number of ether oxygens (including phenoxy) is 1. The number of nitrogens with one attached hydrogen (secondary N) is 1. The van der Waals surface area contributed by atoms with E-state index in [2.05, 4.69) is 19.7 Å². The van der Waals surface area contributed by atoms with Gasteiger partial charge in [0.25, 0.3) is 5.91 Å². The van der Waals surface area contributed by atoms with Crippen molar-refractivity contribution in [2.75, 3.05) is 24.7 Å². The van der Waals surface area contributed by atoms with Gasteiger partial charge in [-0.05, 0) is 55.1 Å². The summed E-state index contributed by atoms with van der Waals surface area (Å²) in [6.45, 7) is 3.60. The molecule has 0 aliphatic carbocycles. The Labute approximate surface area is 221 Å². The van der Waals surface area contributed by atoms with E-state index < -0.39 is 17.6 Å². The monoisotopic (exact) mass is 539 g/mol. The van der Waals surface area contributed by atoms with Gasteiger partial charge in [0.2, 0.25) is 0 Å². The van der Waals surface area contributed by atoms with E-state index in [1.54, 1.807) is 47.4 Å². The Bertz CT molecular complexity index is 1470. The largest absolute Gasteiger partial charge is 0.487 e. The lowest BCUT2D eigenvalue weighted by Gasteiger charge is -2.37. The molecule has 1 aliphatic rings. The average Bonchev–Trinajstić information content (AvgIpc) is 3.37. The Kier molecular flexibility index (Phi) is 7.13. The fourth-order valence-electron chi connectivity index (χ4n) is 4.07. The Morgan fingerprint density at radius 1 is 1.13 bits per heavy atom. The molecule has 0 unspecified atom stereocenters. The molecule has 2 aromatic heterocycles. The van der Waals surface area contributed by atoms with Crippen LogP contribution in [-0.2, 0) is 6.18 Å². The summed E-state index contributed by atoms with van der Waals surface area (Å²) in [5.41, 5.74) is 2.69. The summed E-state index contributed by atoms with van der Waals surface area (Å²) in [7, 11) is 0. The van der Waals surface area contributed by atoms with Crippen LogP contribution in [0, 0.1) is 6.92 Å². The first kappa shape index (κ1) is 25.8. The predicted molar refractivity (Wildman–Crippen MR) is 140 cm³/mol. The van der Waals surface area contributed by atoms with Gasteiger partial charge in [-0.1, -0.05) is 24.1 Å². The van der Waals surface area contributed by atoms with Crippen LogP contribution in [0.1, 0.15) is 21.5 Å². The van der Waals surface area contributed by atoms with E-state index in [0.717, 1.165) is 47.7 Å². The van der Waals surface area contributed by atoms with Gasteiger partial charge in [-0.25, -0.2) is 8.99 Å². The van der Waals surface area contributed by atoms with Crippen LogP contribution in [0.3, 0.4) is 0 Å². The second-order valence-electron chi connectivity index (χ2n) is 8.85. The Morgan fingerprint density at radius 2 is 1.95 bits per heavy atom. The molecule has 0 bridgehead atoms. The molecule has 2 aromatic carbocycles. The molecule has 196 valence electrons. The molecule has 3 heterocycles. The molecule has 1 amide bonds. The van der Waals surface area contributed by atoms with Crippen LogP contribution in [0.25, 0.3) is 16.8 Å². The Balaban J connectivity index is 1.36. The quantitative estimate of drug-likeness (QED) is 0.297. The number of nitrogens with zero attached hydrogens (tertiary/aromatic N) is 4. The second-order valence-corrected chi connectivity index (χ2v) is 9.73. The summed E-state index contributed by atoms with van der Waals surface area (Å²) in [5.74, 6) is 0.0874. The van der Waals surface area contributed by atoms with Crippen LogP contribution >= 0.6 is 11.9 Å². The normalized spacial score (nSPS) is 14.2. The maximum Gasteiger partial charge on any atom is 0.416 e. The summed E-state index contributed by atoms with van der Waals surface area (Å²) in [6.07, 6.45) is 4.60. The highest BCUT2D eigenvalue weighted by Crippen LogP contribution is 2.33. The molecule has 4 aromatic rings. The number of carbonyl (C=O) groups is 1. The second kappa shape index (κ2) is 10.5. The van der Waals surface area contributed by atoms with E-state index in [9.17, 15) is 18.0 Å². The van der Waals surface area contributed by atoms with Crippen LogP contribution in [0.5, 0.6) is 5.75 Å². The summed E-state index contributed by atoms with van der Waals surface area (Å²) in [4.78, 5) is 16.9. The molecule has 0 atom stereocenters. The molecule has 0 radical (unpaired) electrons.